The molecule has 0 spiro atoms. The Labute approximate surface area is 263 Å². The first-order valence-corrected chi connectivity index (χ1v) is 13.7. The second-order valence-corrected chi connectivity index (χ2v) is 10.7. The van der Waals surface area contributed by atoms with Crippen molar-refractivity contribution < 1.29 is 32.4 Å². The molecule has 12 heteroatoms. The zero-order chi connectivity index (χ0) is 29.7. The van der Waals surface area contributed by atoms with Gasteiger partial charge in [0.1, 0.15) is 17.2 Å². The Morgan fingerprint density at radius 1 is 0.422 bits per heavy atom. The molecule has 11 nitrogen and oxygen atoms in total. The number of rotatable bonds is 0. The minimum Gasteiger partial charge on any atom is -0.508 e. The van der Waals surface area contributed by atoms with E-state index in [1.54, 1.807) is 54.6 Å². The van der Waals surface area contributed by atoms with Gasteiger partial charge in [-0.3, -0.25) is 0 Å². The van der Waals surface area contributed by atoms with E-state index in [1.165, 1.54) is 0 Å². The van der Waals surface area contributed by atoms with Crippen molar-refractivity contribution in [2.24, 2.45) is 0 Å². The molecule has 0 aliphatic carbocycles. The Morgan fingerprint density at radius 3 is 1.36 bits per heavy atom. The van der Waals surface area contributed by atoms with Crippen molar-refractivity contribution in [3.63, 3.8) is 0 Å². The minimum atomic E-state index is 0. The summed E-state index contributed by atoms with van der Waals surface area (Å²) in [5.41, 5.74) is 5.14. The molecule has 0 fully saturated rings. The Hall–Kier alpha value is -5.84. The number of benzene rings is 4. The van der Waals surface area contributed by atoms with Gasteiger partial charge in [0.2, 0.25) is 0 Å². The number of aromatic nitrogens is 8. The number of hydrogen-bond donors (Lipinski definition) is 3. The molecule has 8 bridgehead atoms. The third-order valence-electron chi connectivity index (χ3n) is 7.81. The van der Waals surface area contributed by atoms with E-state index >= 15 is 0 Å². The first-order chi connectivity index (χ1) is 21.4. The quantitative estimate of drug-likeness (QED) is 0.178. The average molecular weight is 638 g/mol. The molecule has 2 aliphatic heterocycles. The number of aromatic hydroxyl groups is 3. The molecule has 3 aromatic heterocycles. The van der Waals surface area contributed by atoms with Crippen molar-refractivity contribution in [3.05, 3.63) is 78.4 Å². The minimum absolute atomic E-state index is 0. The van der Waals surface area contributed by atoms with Gasteiger partial charge in [-0.05, 0) is 89.1 Å². The van der Waals surface area contributed by atoms with Crippen LogP contribution in [-0.4, -0.2) is 45.2 Å². The molecule has 0 amide bonds. The fourth-order valence-electron chi connectivity index (χ4n) is 5.74. The normalized spacial score (nSPS) is 11.8. The maximum atomic E-state index is 10.4. The van der Waals surface area contributed by atoms with Gasteiger partial charge in [0.25, 0.3) is 0 Å². The van der Waals surface area contributed by atoms with E-state index in [4.69, 9.17) is 39.9 Å². The summed E-state index contributed by atoms with van der Waals surface area (Å²) < 4.78 is 0. The van der Waals surface area contributed by atoms with Crippen LogP contribution >= 0.6 is 0 Å². The number of hydrogen-bond acceptors (Lipinski definition) is 9. The van der Waals surface area contributed by atoms with E-state index in [-0.39, 0.29) is 34.3 Å². The second-order valence-electron chi connectivity index (χ2n) is 10.7. The van der Waals surface area contributed by atoms with E-state index in [0.29, 0.717) is 78.6 Å². The van der Waals surface area contributed by atoms with Crippen LogP contribution in [0.25, 0.3) is 89.7 Å². The van der Waals surface area contributed by atoms with Crippen LogP contribution in [0.5, 0.6) is 17.2 Å². The van der Waals surface area contributed by atoms with Gasteiger partial charge in [-0.25, -0.2) is 9.97 Å². The Balaban J connectivity index is 0.00000300. The number of nitrogens with zero attached hydrogens (tertiary/aromatic N) is 8. The molecule has 0 atom stereocenters. The van der Waals surface area contributed by atoms with Crippen LogP contribution in [-0.2, 0) is 17.1 Å². The van der Waals surface area contributed by atoms with Crippen LogP contribution in [0, 0.1) is 6.92 Å². The van der Waals surface area contributed by atoms with Crippen LogP contribution in [0.4, 0.5) is 0 Å². The molecule has 219 valence electrons. The Bertz CT molecular complexity index is 2400. The zero-order valence-electron chi connectivity index (χ0n) is 23.1. The summed E-state index contributed by atoms with van der Waals surface area (Å²) >= 11 is 0. The van der Waals surface area contributed by atoms with Gasteiger partial charge in [-0.2, -0.15) is 0 Å². The van der Waals surface area contributed by atoms with Crippen molar-refractivity contribution in [2.45, 2.75) is 6.92 Å². The van der Waals surface area contributed by atoms with E-state index in [2.05, 4.69) is 0 Å². The molecule has 5 heterocycles. The molecule has 4 aromatic carbocycles. The Kier molecular flexibility index (Phi) is 5.70. The van der Waals surface area contributed by atoms with Crippen LogP contribution < -0.4 is 9.97 Å². The predicted molar refractivity (Wildman–Crippen MR) is 164 cm³/mol. The van der Waals surface area contributed by atoms with E-state index < -0.39 is 0 Å². The predicted octanol–water partition coefficient (Wildman–Crippen LogP) is 5.55. The molecular weight excluding hydrogens is 620 g/mol. The average Bonchev–Trinajstić information content (AvgIpc) is 3.71. The molecule has 2 aliphatic rings. The summed E-state index contributed by atoms with van der Waals surface area (Å²) in [7, 11) is 0. The van der Waals surface area contributed by atoms with Crippen molar-refractivity contribution in [2.75, 3.05) is 0 Å². The zero-order valence-corrected chi connectivity index (χ0v) is 24.1. The number of phenols is 3. The fraction of sp³-hybridized carbons (Fsp3) is 0.0303. The smallest absolute Gasteiger partial charge is 0.508 e. The molecule has 0 saturated heterocycles. The van der Waals surface area contributed by atoms with Crippen molar-refractivity contribution in [1.29, 1.82) is 0 Å². The van der Waals surface area contributed by atoms with E-state index in [0.717, 1.165) is 16.7 Å². The number of aryl methyl sites for hydroxylation is 1. The first kappa shape index (κ1) is 26.8. The van der Waals surface area contributed by atoms with Gasteiger partial charge < -0.3 is 45.2 Å². The maximum absolute atomic E-state index is 10.4. The molecule has 9 rings (SSSR count). The summed E-state index contributed by atoms with van der Waals surface area (Å²) in [6, 6.07) is 20.6. The number of phenolic OH excluding ortho intramolecular Hbond substituents is 3. The van der Waals surface area contributed by atoms with E-state index in [9.17, 15) is 15.3 Å². The van der Waals surface area contributed by atoms with Crippen molar-refractivity contribution in [1.82, 2.24) is 39.9 Å². The monoisotopic (exact) mass is 637 g/mol. The molecular formula is C33H18CuN8O3. The standard InChI is InChI=1S/C33H18N8O3.Cu/c1-14-2-6-18-22(10-14)30-34-26(18)36-31-24-12-16(43)4-8-20(24)28(38-31)40-33-25-13-17(44)5-9-21(25)29(41-33)39-32-23-11-15(42)3-7-19(23)27(35-30)37-32;/h2-13H,1H3,(H3-2,34,35,36,37,38,39,40,41,42,43,44);/q-2;+2. The molecule has 0 saturated carbocycles. The summed E-state index contributed by atoms with van der Waals surface area (Å²) in [5, 5.41) is 33.6. The van der Waals surface area contributed by atoms with Gasteiger partial charge in [0.05, 0.1) is 23.3 Å². The summed E-state index contributed by atoms with van der Waals surface area (Å²) in [6.07, 6.45) is 0. The topological polar surface area (TPSA) is 166 Å². The van der Waals surface area contributed by atoms with Crippen LogP contribution in [0.3, 0.4) is 0 Å². The van der Waals surface area contributed by atoms with Crippen molar-refractivity contribution in [3.8, 4) is 62.8 Å². The van der Waals surface area contributed by atoms with Gasteiger partial charge in [0.15, 0.2) is 0 Å². The van der Waals surface area contributed by atoms with E-state index in [1.807, 2.05) is 25.1 Å². The SMILES string of the molecule is Cc1ccc2c(c1)-c1nc-2nc2[n-]c(nc3nc(nc4[n-]c(n1)c1ccc(O)cc41)-c1ccc(O)cc1-3)c1ccc(O)cc21.[Cu+2]. The van der Waals surface area contributed by atoms with Gasteiger partial charge >= 0.3 is 17.1 Å². The molecule has 7 aromatic rings. The van der Waals surface area contributed by atoms with Crippen LogP contribution in [0.2, 0.25) is 0 Å². The largest absolute Gasteiger partial charge is 2.00 e. The molecule has 1 radical (unpaired) electrons. The second kappa shape index (κ2) is 9.58. The number of fused-ring (bicyclic) bond motifs is 20. The van der Waals surface area contributed by atoms with Crippen LogP contribution in [0.15, 0.2) is 72.8 Å². The summed E-state index contributed by atoms with van der Waals surface area (Å²) in [5.74, 6) is 1.61. The van der Waals surface area contributed by atoms with Gasteiger partial charge in [-0.1, -0.05) is 17.7 Å². The third-order valence-corrected chi connectivity index (χ3v) is 7.81. The first-order valence-electron chi connectivity index (χ1n) is 13.7. The Morgan fingerprint density at radius 2 is 0.822 bits per heavy atom. The fourth-order valence-corrected chi connectivity index (χ4v) is 5.74. The molecule has 3 N–H and O–H groups in total. The maximum Gasteiger partial charge on any atom is 2.00 e. The van der Waals surface area contributed by atoms with Gasteiger partial charge in [0, 0.05) is 44.8 Å². The third kappa shape index (κ3) is 4.11. The molecule has 45 heavy (non-hydrogen) atoms. The summed E-state index contributed by atoms with van der Waals surface area (Å²) in [4.78, 5) is 38.5. The van der Waals surface area contributed by atoms with Crippen LogP contribution in [0.1, 0.15) is 5.56 Å². The van der Waals surface area contributed by atoms with Crippen molar-refractivity contribution >= 4 is 44.1 Å². The molecule has 0 unspecified atom stereocenters. The summed E-state index contributed by atoms with van der Waals surface area (Å²) in [6.45, 7) is 1.99. The van der Waals surface area contributed by atoms with Gasteiger partial charge in [-0.15, -0.1) is 0 Å².